The maximum atomic E-state index is 2.74. The van der Waals surface area contributed by atoms with Gasteiger partial charge in [-0.15, -0.1) is 0 Å². The summed E-state index contributed by atoms with van der Waals surface area (Å²) >= 11 is 0. The van der Waals surface area contributed by atoms with E-state index < -0.39 is 0 Å². The molecular formula is C16H35N. The van der Waals surface area contributed by atoms with Crippen molar-refractivity contribution in [2.24, 2.45) is 5.92 Å². The van der Waals surface area contributed by atoms with E-state index in [0.29, 0.717) is 0 Å². The minimum absolute atomic E-state index is 0.842. The van der Waals surface area contributed by atoms with Gasteiger partial charge >= 0.3 is 0 Å². The summed E-state index contributed by atoms with van der Waals surface area (Å²) in [6.07, 6.45) is 9.45. The van der Waals surface area contributed by atoms with Crippen LogP contribution in [0.1, 0.15) is 79.6 Å². The Labute approximate surface area is 110 Å². The molecule has 0 aromatic rings. The van der Waals surface area contributed by atoms with Crippen molar-refractivity contribution in [3.05, 3.63) is 0 Å². The van der Waals surface area contributed by atoms with Crippen molar-refractivity contribution in [2.45, 2.75) is 85.6 Å². The highest BCUT2D eigenvalue weighted by Gasteiger charge is 2.16. The van der Waals surface area contributed by atoms with E-state index >= 15 is 0 Å². The van der Waals surface area contributed by atoms with Gasteiger partial charge in [-0.05, 0) is 51.1 Å². The van der Waals surface area contributed by atoms with Crippen molar-refractivity contribution in [3.63, 3.8) is 0 Å². The fourth-order valence-electron chi connectivity index (χ4n) is 2.58. The van der Waals surface area contributed by atoms with Gasteiger partial charge in [0.1, 0.15) is 0 Å². The van der Waals surface area contributed by atoms with Crippen molar-refractivity contribution in [3.8, 4) is 0 Å². The highest BCUT2D eigenvalue weighted by atomic mass is 15.1. The molecule has 0 saturated carbocycles. The van der Waals surface area contributed by atoms with Crippen LogP contribution in [0.25, 0.3) is 0 Å². The topological polar surface area (TPSA) is 3.24 Å². The van der Waals surface area contributed by atoms with Crippen LogP contribution in [0, 0.1) is 5.92 Å². The van der Waals surface area contributed by atoms with Crippen LogP contribution in [-0.4, -0.2) is 24.0 Å². The van der Waals surface area contributed by atoms with Crippen LogP contribution in [0.3, 0.4) is 0 Å². The van der Waals surface area contributed by atoms with Gasteiger partial charge in [0.2, 0.25) is 0 Å². The second-order valence-electron chi connectivity index (χ2n) is 5.57. The predicted molar refractivity (Wildman–Crippen MR) is 79.5 cm³/mol. The summed E-state index contributed by atoms with van der Waals surface area (Å²) in [5, 5.41) is 0. The van der Waals surface area contributed by atoms with Gasteiger partial charge in [0.25, 0.3) is 0 Å². The lowest BCUT2D eigenvalue weighted by Crippen LogP contribution is -2.36. The summed E-state index contributed by atoms with van der Waals surface area (Å²) in [6.45, 7) is 14.2. The second-order valence-corrected chi connectivity index (χ2v) is 5.57. The van der Waals surface area contributed by atoms with Crippen molar-refractivity contribution >= 4 is 0 Å². The molecule has 17 heavy (non-hydrogen) atoms. The summed E-state index contributed by atoms with van der Waals surface area (Å²) in [6, 6.07) is 0.842. The Kier molecular flexibility index (Phi) is 11.0. The third-order valence-electron chi connectivity index (χ3n) is 3.85. The molecule has 0 fully saturated rings. The average molecular weight is 241 g/mol. The van der Waals surface area contributed by atoms with Gasteiger partial charge in [0.15, 0.2) is 0 Å². The molecule has 0 aromatic carbocycles. The van der Waals surface area contributed by atoms with Crippen molar-refractivity contribution < 1.29 is 0 Å². The van der Waals surface area contributed by atoms with E-state index in [1.54, 1.807) is 0 Å². The molecule has 0 radical (unpaired) electrons. The molecule has 0 heterocycles. The normalized spacial score (nSPS) is 15.2. The molecule has 1 nitrogen and oxygen atoms in total. The highest BCUT2D eigenvalue weighted by molar-refractivity contribution is 4.72. The Morgan fingerprint density at radius 1 is 0.765 bits per heavy atom. The van der Waals surface area contributed by atoms with Crippen LogP contribution in [0.15, 0.2) is 0 Å². The molecule has 0 amide bonds. The number of rotatable bonds is 11. The van der Waals surface area contributed by atoms with Gasteiger partial charge < -0.3 is 4.90 Å². The van der Waals surface area contributed by atoms with Gasteiger partial charge in [0, 0.05) is 6.04 Å². The maximum Gasteiger partial charge on any atom is 0.00952 e. The monoisotopic (exact) mass is 241 g/mol. The Morgan fingerprint density at radius 2 is 1.35 bits per heavy atom. The molecule has 1 heteroatoms. The Balaban J connectivity index is 4.22. The van der Waals surface area contributed by atoms with Crippen molar-refractivity contribution in [2.75, 3.05) is 13.1 Å². The summed E-state index contributed by atoms with van der Waals surface area (Å²) < 4.78 is 0. The molecule has 0 aliphatic carbocycles. The largest absolute Gasteiger partial charge is 0.300 e. The highest BCUT2D eigenvalue weighted by Crippen LogP contribution is 2.19. The summed E-state index contributed by atoms with van der Waals surface area (Å²) in [7, 11) is 0. The Morgan fingerprint density at radius 3 is 1.76 bits per heavy atom. The zero-order chi connectivity index (χ0) is 13.1. The standard InChI is InChI=1S/C16H35N/c1-6-10-16(12-11-15(5)9-4)17(13-7-2)14-8-3/h15-16H,6-14H2,1-5H3. The Bertz CT molecular complexity index is 150. The molecule has 0 aromatic heterocycles. The molecule has 104 valence electrons. The summed E-state index contributed by atoms with van der Waals surface area (Å²) in [5.41, 5.74) is 0. The molecular weight excluding hydrogens is 206 g/mol. The first-order chi connectivity index (χ1) is 8.19. The lowest BCUT2D eigenvalue weighted by molar-refractivity contribution is 0.168. The molecule has 0 N–H and O–H groups in total. The zero-order valence-corrected chi connectivity index (χ0v) is 13.0. The summed E-state index contributed by atoms with van der Waals surface area (Å²) in [4.78, 5) is 2.74. The van der Waals surface area contributed by atoms with Crippen LogP contribution in [0.5, 0.6) is 0 Å². The molecule has 0 rings (SSSR count). The van der Waals surface area contributed by atoms with E-state index in [2.05, 4.69) is 39.5 Å². The van der Waals surface area contributed by atoms with Crippen LogP contribution in [0.4, 0.5) is 0 Å². The molecule has 0 aliphatic heterocycles. The lowest BCUT2D eigenvalue weighted by Gasteiger charge is -2.32. The third-order valence-corrected chi connectivity index (χ3v) is 3.85. The fraction of sp³-hybridized carbons (Fsp3) is 1.00. The van der Waals surface area contributed by atoms with E-state index in [9.17, 15) is 0 Å². The Hall–Kier alpha value is -0.0400. The average Bonchev–Trinajstić information content (AvgIpc) is 2.33. The smallest absolute Gasteiger partial charge is 0.00952 e. The first kappa shape index (κ1) is 17.0. The zero-order valence-electron chi connectivity index (χ0n) is 13.0. The minimum atomic E-state index is 0.842. The number of hydrogen-bond donors (Lipinski definition) is 0. The van der Waals surface area contributed by atoms with Crippen molar-refractivity contribution in [1.82, 2.24) is 4.90 Å². The van der Waals surface area contributed by atoms with Gasteiger partial charge in [-0.25, -0.2) is 0 Å². The maximum absolute atomic E-state index is 2.74. The van der Waals surface area contributed by atoms with E-state index in [4.69, 9.17) is 0 Å². The van der Waals surface area contributed by atoms with Gasteiger partial charge in [-0.2, -0.15) is 0 Å². The predicted octanol–water partition coefficient (Wildman–Crippen LogP) is 5.10. The molecule has 0 spiro atoms. The van der Waals surface area contributed by atoms with Crippen LogP contribution in [0.2, 0.25) is 0 Å². The van der Waals surface area contributed by atoms with Crippen LogP contribution >= 0.6 is 0 Å². The fourth-order valence-corrected chi connectivity index (χ4v) is 2.58. The van der Waals surface area contributed by atoms with E-state index in [1.807, 2.05) is 0 Å². The molecule has 0 aliphatic rings. The first-order valence-electron chi connectivity index (χ1n) is 7.93. The number of nitrogens with zero attached hydrogens (tertiary/aromatic N) is 1. The minimum Gasteiger partial charge on any atom is -0.300 e. The summed E-state index contributed by atoms with van der Waals surface area (Å²) in [5.74, 6) is 0.902. The first-order valence-corrected chi connectivity index (χ1v) is 7.93. The lowest BCUT2D eigenvalue weighted by atomic mass is 9.96. The van der Waals surface area contributed by atoms with Crippen LogP contribution in [-0.2, 0) is 0 Å². The van der Waals surface area contributed by atoms with Crippen LogP contribution < -0.4 is 0 Å². The number of hydrogen-bond acceptors (Lipinski definition) is 1. The molecule has 2 unspecified atom stereocenters. The van der Waals surface area contributed by atoms with Crippen molar-refractivity contribution in [1.29, 1.82) is 0 Å². The molecule has 0 bridgehead atoms. The quantitative estimate of drug-likeness (QED) is 0.486. The molecule has 2 atom stereocenters. The van der Waals surface area contributed by atoms with Gasteiger partial charge in [-0.1, -0.05) is 47.5 Å². The van der Waals surface area contributed by atoms with E-state index in [-0.39, 0.29) is 0 Å². The van der Waals surface area contributed by atoms with E-state index in [1.165, 1.54) is 58.0 Å². The molecule has 0 saturated heterocycles. The SMILES string of the molecule is CCCC(CCC(C)CC)N(CCC)CCC. The second kappa shape index (κ2) is 11.1. The third kappa shape index (κ3) is 7.81. The van der Waals surface area contributed by atoms with Gasteiger partial charge in [0.05, 0.1) is 0 Å². The van der Waals surface area contributed by atoms with Gasteiger partial charge in [-0.3, -0.25) is 0 Å². The van der Waals surface area contributed by atoms with E-state index in [0.717, 1.165) is 12.0 Å².